The van der Waals surface area contributed by atoms with Gasteiger partial charge >= 0.3 is 0 Å². The first-order valence-electron chi connectivity index (χ1n) is 6.15. The number of aliphatic hydroxyl groups is 1. The van der Waals surface area contributed by atoms with Crippen LogP contribution in [-0.4, -0.2) is 24.4 Å². The average Bonchev–Trinajstić information content (AvgIpc) is 2.27. The normalized spacial score (nSPS) is 27.6. The van der Waals surface area contributed by atoms with Crippen molar-refractivity contribution in [3.05, 3.63) is 29.8 Å². The van der Waals surface area contributed by atoms with Crippen molar-refractivity contribution in [2.75, 3.05) is 13.7 Å². The first kappa shape index (κ1) is 12.4. The van der Waals surface area contributed by atoms with Crippen LogP contribution in [0.5, 0.6) is 5.75 Å². The molecule has 0 heterocycles. The molecule has 1 fully saturated rings. The van der Waals surface area contributed by atoms with E-state index < -0.39 is 5.60 Å². The van der Waals surface area contributed by atoms with Gasteiger partial charge in [0.15, 0.2) is 0 Å². The van der Waals surface area contributed by atoms with E-state index in [1.165, 1.54) is 5.56 Å². The summed E-state index contributed by atoms with van der Waals surface area (Å²) in [5, 5.41) is 13.0. The molecule has 0 amide bonds. The Morgan fingerprint density at radius 1 is 1.35 bits per heavy atom. The third-order valence-electron chi connectivity index (χ3n) is 3.38. The predicted molar refractivity (Wildman–Crippen MR) is 68.0 cm³/mol. The van der Waals surface area contributed by atoms with Crippen molar-refractivity contribution in [3.63, 3.8) is 0 Å². The lowest BCUT2D eigenvalue weighted by molar-refractivity contribution is -0.0560. The molecule has 0 bridgehead atoms. The largest absolute Gasteiger partial charge is 0.497 e. The van der Waals surface area contributed by atoms with Gasteiger partial charge in [-0.05, 0) is 49.9 Å². The second-order valence-electron chi connectivity index (χ2n) is 5.25. The molecule has 1 aliphatic rings. The van der Waals surface area contributed by atoms with Crippen LogP contribution in [0.25, 0.3) is 0 Å². The van der Waals surface area contributed by atoms with E-state index in [0.717, 1.165) is 31.7 Å². The van der Waals surface area contributed by atoms with E-state index in [-0.39, 0.29) is 0 Å². The molecule has 0 aliphatic heterocycles. The van der Waals surface area contributed by atoms with Crippen LogP contribution >= 0.6 is 0 Å². The molecule has 1 saturated carbocycles. The third-order valence-corrected chi connectivity index (χ3v) is 3.38. The van der Waals surface area contributed by atoms with E-state index in [0.29, 0.717) is 5.92 Å². The van der Waals surface area contributed by atoms with Crippen LogP contribution in [0.1, 0.15) is 25.3 Å². The second kappa shape index (κ2) is 5.07. The number of methoxy groups -OCH3 is 1. The minimum atomic E-state index is -0.410. The monoisotopic (exact) mass is 235 g/mol. The molecule has 0 atom stereocenters. The lowest BCUT2D eigenvalue weighted by Gasteiger charge is -2.41. The fraction of sp³-hybridized carbons (Fsp3) is 0.571. The minimum absolute atomic E-state index is 0.410. The maximum Gasteiger partial charge on any atom is 0.118 e. The number of rotatable bonds is 5. The van der Waals surface area contributed by atoms with E-state index in [4.69, 9.17) is 4.74 Å². The van der Waals surface area contributed by atoms with Crippen molar-refractivity contribution in [3.8, 4) is 5.75 Å². The lowest BCUT2D eigenvalue weighted by atomic mass is 9.72. The fourth-order valence-electron chi connectivity index (χ4n) is 2.49. The molecule has 0 aromatic heterocycles. The summed E-state index contributed by atoms with van der Waals surface area (Å²) in [5.74, 6) is 1.52. The van der Waals surface area contributed by atoms with Crippen molar-refractivity contribution in [2.45, 2.75) is 31.9 Å². The van der Waals surface area contributed by atoms with Gasteiger partial charge in [0, 0.05) is 6.54 Å². The highest BCUT2D eigenvalue weighted by Gasteiger charge is 2.37. The van der Waals surface area contributed by atoms with E-state index in [2.05, 4.69) is 17.4 Å². The van der Waals surface area contributed by atoms with E-state index in [9.17, 15) is 5.11 Å². The summed E-state index contributed by atoms with van der Waals surface area (Å²) in [7, 11) is 1.68. The molecule has 0 saturated heterocycles. The van der Waals surface area contributed by atoms with Gasteiger partial charge in [-0.1, -0.05) is 12.1 Å². The molecular formula is C14H21NO2. The predicted octanol–water partition coefficient (Wildman–Crippen LogP) is 1.95. The Hall–Kier alpha value is -1.06. The van der Waals surface area contributed by atoms with Gasteiger partial charge in [0.05, 0.1) is 12.7 Å². The molecule has 0 spiro atoms. The summed E-state index contributed by atoms with van der Waals surface area (Å²) >= 11 is 0. The van der Waals surface area contributed by atoms with Crippen molar-refractivity contribution < 1.29 is 9.84 Å². The van der Waals surface area contributed by atoms with Crippen molar-refractivity contribution in [1.29, 1.82) is 0 Å². The van der Waals surface area contributed by atoms with Crippen LogP contribution in [0.15, 0.2) is 24.3 Å². The zero-order chi connectivity index (χ0) is 12.3. The number of ether oxygens (including phenoxy) is 1. The first-order chi connectivity index (χ1) is 8.09. The Morgan fingerprint density at radius 3 is 2.53 bits per heavy atom. The Morgan fingerprint density at radius 2 is 2.00 bits per heavy atom. The van der Waals surface area contributed by atoms with E-state index in [1.807, 2.05) is 19.1 Å². The van der Waals surface area contributed by atoms with Crippen molar-refractivity contribution in [1.82, 2.24) is 5.32 Å². The molecule has 1 aromatic rings. The number of nitrogens with one attached hydrogen (secondary N) is 1. The number of benzene rings is 1. The molecule has 1 aromatic carbocycles. The number of hydrogen-bond donors (Lipinski definition) is 2. The Balaban J connectivity index is 1.68. The van der Waals surface area contributed by atoms with Gasteiger partial charge in [0.1, 0.15) is 5.75 Å². The molecule has 3 heteroatoms. The SMILES string of the molecule is COc1ccc(CNCC2CC(C)(O)C2)cc1. The zero-order valence-corrected chi connectivity index (χ0v) is 10.6. The van der Waals surface area contributed by atoms with Crippen LogP contribution < -0.4 is 10.1 Å². The maximum absolute atomic E-state index is 9.62. The van der Waals surface area contributed by atoms with Gasteiger partial charge < -0.3 is 15.2 Å². The summed E-state index contributed by atoms with van der Waals surface area (Å²) in [6, 6.07) is 8.10. The highest BCUT2D eigenvalue weighted by Crippen LogP contribution is 2.36. The summed E-state index contributed by atoms with van der Waals surface area (Å²) in [5.41, 5.74) is 0.851. The van der Waals surface area contributed by atoms with Crippen LogP contribution in [-0.2, 0) is 6.54 Å². The van der Waals surface area contributed by atoms with Gasteiger partial charge in [-0.2, -0.15) is 0 Å². The van der Waals surface area contributed by atoms with Gasteiger partial charge in [-0.15, -0.1) is 0 Å². The average molecular weight is 235 g/mol. The molecule has 94 valence electrons. The van der Waals surface area contributed by atoms with Crippen LogP contribution in [0.4, 0.5) is 0 Å². The van der Waals surface area contributed by atoms with Crippen molar-refractivity contribution in [2.24, 2.45) is 5.92 Å². The first-order valence-corrected chi connectivity index (χ1v) is 6.15. The zero-order valence-electron chi connectivity index (χ0n) is 10.6. The second-order valence-corrected chi connectivity index (χ2v) is 5.25. The molecule has 2 rings (SSSR count). The maximum atomic E-state index is 9.62. The summed E-state index contributed by atoms with van der Waals surface area (Å²) in [6.07, 6.45) is 1.84. The smallest absolute Gasteiger partial charge is 0.118 e. The summed E-state index contributed by atoms with van der Waals surface area (Å²) in [4.78, 5) is 0. The Kier molecular flexibility index (Phi) is 3.69. The molecule has 0 unspecified atom stereocenters. The summed E-state index contributed by atoms with van der Waals surface area (Å²) < 4.78 is 5.11. The highest BCUT2D eigenvalue weighted by molar-refractivity contribution is 5.26. The molecule has 3 nitrogen and oxygen atoms in total. The lowest BCUT2D eigenvalue weighted by Crippen LogP contribution is -2.44. The topological polar surface area (TPSA) is 41.5 Å². The number of hydrogen-bond acceptors (Lipinski definition) is 3. The van der Waals surface area contributed by atoms with Gasteiger partial charge in [0.2, 0.25) is 0 Å². The summed E-state index contributed by atoms with van der Waals surface area (Å²) in [6.45, 7) is 3.78. The van der Waals surface area contributed by atoms with Crippen LogP contribution in [0.3, 0.4) is 0 Å². The van der Waals surface area contributed by atoms with Gasteiger partial charge in [-0.25, -0.2) is 0 Å². The Labute approximate surface area is 103 Å². The molecule has 2 N–H and O–H groups in total. The third kappa shape index (κ3) is 3.45. The molecule has 1 aliphatic carbocycles. The minimum Gasteiger partial charge on any atom is -0.497 e. The van der Waals surface area contributed by atoms with Gasteiger partial charge in [0.25, 0.3) is 0 Å². The highest BCUT2D eigenvalue weighted by atomic mass is 16.5. The van der Waals surface area contributed by atoms with E-state index >= 15 is 0 Å². The quantitative estimate of drug-likeness (QED) is 0.819. The fourth-order valence-corrected chi connectivity index (χ4v) is 2.49. The van der Waals surface area contributed by atoms with Crippen LogP contribution in [0, 0.1) is 5.92 Å². The molecular weight excluding hydrogens is 214 g/mol. The molecule has 17 heavy (non-hydrogen) atoms. The Bertz CT molecular complexity index is 351. The van der Waals surface area contributed by atoms with Gasteiger partial charge in [-0.3, -0.25) is 0 Å². The van der Waals surface area contributed by atoms with E-state index in [1.54, 1.807) is 7.11 Å². The standard InChI is InChI=1S/C14H21NO2/c1-14(16)7-12(8-14)10-15-9-11-3-5-13(17-2)6-4-11/h3-6,12,15-16H,7-10H2,1-2H3. The molecule has 0 radical (unpaired) electrons. The van der Waals surface area contributed by atoms with Crippen LogP contribution in [0.2, 0.25) is 0 Å². The van der Waals surface area contributed by atoms with Crippen molar-refractivity contribution >= 4 is 0 Å².